The van der Waals surface area contributed by atoms with Gasteiger partial charge in [-0.3, -0.25) is 9.97 Å². The molecule has 5 heteroatoms. The van der Waals surface area contributed by atoms with Gasteiger partial charge >= 0.3 is 0 Å². The molecule has 0 saturated heterocycles. The molecule has 53 heavy (non-hydrogen) atoms. The number of pyridine rings is 2. The van der Waals surface area contributed by atoms with Crippen LogP contribution in [-0.4, -0.2) is 19.9 Å². The van der Waals surface area contributed by atoms with Gasteiger partial charge < -0.3 is 0 Å². The Kier molecular flexibility index (Phi) is 7.63. The van der Waals surface area contributed by atoms with E-state index in [4.69, 9.17) is 15.0 Å². The smallest absolute Gasteiger partial charge is 0.160 e. The first kappa shape index (κ1) is 31.0. The summed E-state index contributed by atoms with van der Waals surface area (Å²) in [7, 11) is 0. The van der Waals surface area contributed by atoms with Gasteiger partial charge in [-0.05, 0) is 88.1 Å². The van der Waals surface area contributed by atoms with Gasteiger partial charge in [0, 0.05) is 50.3 Å². The minimum atomic E-state index is 0.662. The molecule has 10 aromatic rings. The summed E-state index contributed by atoms with van der Waals surface area (Å²) >= 11 is 1.79. The van der Waals surface area contributed by atoms with Crippen LogP contribution in [-0.2, 0) is 0 Å². The third kappa shape index (κ3) is 5.83. The van der Waals surface area contributed by atoms with Crippen molar-refractivity contribution >= 4 is 42.4 Å². The van der Waals surface area contributed by atoms with Gasteiger partial charge in [0.05, 0.1) is 27.3 Å². The molecule has 4 heterocycles. The van der Waals surface area contributed by atoms with E-state index < -0.39 is 0 Å². The number of benzene rings is 6. The zero-order chi connectivity index (χ0) is 35.1. The average molecular weight is 695 g/mol. The maximum Gasteiger partial charge on any atom is 0.160 e. The molecule has 0 amide bonds. The molecule has 0 aliphatic heterocycles. The Labute approximate surface area is 310 Å². The summed E-state index contributed by atoms with van der Waals surface area (Å²) in [5.41, 5.74) is 12.1. The highest BCUT2D eigenvalue weighted by Crippen LogP contribution is 2.41. The van der Waals surface area contributed by atoms with E-state index in [2.05, 4.69) is 151 Å². The van der Waals surface area contributed by atoms with Gasteiger partial charge in [-0.25, -0.2) is 9.97 Å². The van der Waals surface area contributed by atoms with E-state index in [9.17, 15) is 0 Å². The quantitative estimate of drug-likeness (QED) is 0.174. The Bertz CT molecular complexity index is 2950. The van der Waals surface area contributed by atoms with E-state index in [1.807, 2.05) is 36.7 Å². The molecule has 0 atom stereocenters. The van der Waals surface area contributed by atoms with Crippen molar-refractivity contribution in [2.45, 2.75) is 0 Å². The van der Waals surface area contributed by atoms with Crippen molar-refractivity contribution in [1.29, 1.82) is 0 Å². The lowest BCUT2D eigenvalue weighted by atomic mass is 9.94. The van der Waals surface area contributed by atoms with Crippen LogP contribution in [0.1, 0.15) is 0 Å². The van der Waals surface area contributed by atoms with Gasteiger partial charge in [-0.2, -0.15) is 0 Å². The first-order valence-corrected chi connectivity index (χ1v) is 18.4. The van der Waals surface area contributed by atoms with Crippen LogP contribution < -0.4 is 0 Å². The van der Waals surface area contributed by atoms with Gasteiger partial charge in [0.1, 0.15) is 0 Å². The first-order chi connectivity index (χ1) is 26.2. The Morgan fingerprint density at radius 3 is 1.94 bits per heavy atom. The molecule has 0 radical (unpaired) electrons. The molecule has 0 aliphatic rings. The second kappa shape index (κ2) is 13.1. The molecule has 4 nitrogen and oxygen atoms in total. The van der Waals surface area contributed by atoms with Crippen molar-refractivity contribution in [3.05, 3.63) is 182 Å². The van der Waals surface area contributed by atoms with Crippen molar-refractivity contribution in [3.8, 4) is 67.4 Å². The monoisotopic (exact) mass is 694 g/mol. The maximum atomic E-state index is 5.31. The number of aromatic nitrogens is 4. The van der Waals surface area contributed by atoms with Crippen molar-refractivity contribution in [2.75, 3.05) is 0 Å². The summed E-state index contributed by atoms with van der Waals surface area (Å²) in [5.74, 6) is 0.662. The van der Waals surface area contributed by atoms with Crippen LogP contribution in [0.2, 0.25) is 0 Å². The zero-order valence-corrected chi connectivity index (χ0v) is 29.3. The van der Waals surface area contributed by atoms with E-state index in [1.165, 1.54) is 25.6 Å². The summed E-state index contributed by atoms with van der Waals surface area (Å²) < 4.78 is 2.39. The molecule has 6 aromatic carbocycles. The molecule has 0 unspecified atom stereocenters. The van der Waals surface area contributed by atoms with Crippen LogP contribution in [0.15, 0.2) is 182 Å². The fourth-order valence-corrected chi connectivity index (χ4v) is 8.33. The lowest BCUT2D eigenvalue weighted by Crippen LogP contribution is -1.97. The first-order valence-electron chi connectivity index (χ1n) is 17.6. The van der Waals surface area contributed by atoms with Gasteiger partial charge in [0.15, 0.2) is 5.82 Å². The van der Waals surface area contributed by atoms with Crippen LogP contribution in [0, 0.1) is 0 Å². The predicted octanol–water partition coefficient (Wildman–Crippen LogP) is 12.8. The van der Waals surface area contributed by atoms with E-state index in [1.54, 1.807) is 11.3 Å². The normalized spacial score (nSPS) is 11.4. The molecule has 0 aliphatic carbocycles. The van der Waals surface area contributed by atoms with Gasteiger partial charge in [0.25, 0.3) is 0 Å². The Morgan fingerprint density at radius 1 is 0.377 bits per heavy atom. The summed E-state index contributed by atoms with van der Waals surface area (Å²) in [4.78, 5) is 20.0. The Balaban J connectivity index is 1.21. The third-order valence-corrected chi connectivity index (χ3v) is 11.0. The summed E-state index contributed by atoms with van der Waals surface area (Å²) in [5, 5.41) is 3.59. The zero-order valence-electron chi connectivity index (χ0n) is 28.5. The van der Waals surface area contributed by atoms with E-state index in [0.717, 1.165) is 67.1 Å². The van der Waals surface area contributed by atoms with E-state index in [-0.39, 0.29) is 0 Å². The third-order valence-electron chi connectivity index (χ3n) is 9.76. The van der Waals surface area contributed by atoms with Crippen LogP contribution in [0.4, 0.5) is 0 Å². The van der Waals surface area contributed by atoms with Gasteiger partial charge in [0.2, 0.25) is 0 Å². The molecule has 0 saturated carbocycles. The lowest BCUT2D eigenvalue weighted by Gasteiger charge is -2.14. The van der Waals surface area contributed by atoms with Crippen LogP contribution >= 0.6 is 11.3 Å². The number of hydrogen-bond donors (Lipinski definition) is 0. The minimum Gasteiger partial charge on any atom is -0.256 e. The largest absolute Gasteiger partial charge is 0.256 e. The summed E-state index contributed by atoms with van der Waals surface area (Å²) in [6.45, 7) is 0. The molecule has 0 bridgehead atoms. The second-order valence-corrected chi connectivity index (χ2v) is 14.2. The fourth-order valence-electron chi connectivity index (χ4n) is 7.13. The van der Waals surface area contributed by atoms with Crippen molar-refractivity contribution in [3.63, 3.8) is 0 Å². The van der Waals surface area contributed by atoms with Crippen molar-refractivity contribution < 1.29 is 0 Å². The average Bonchev–Trinajstić information content (AvgIpc) is 3.63. The molecular formula is C48H30N4S. The fraction of sp³-hybridized carbons (Fsp3) is 0. The highest BCUT2D eigenvalue weighted by atomic mass is 32.1. The van der Waals surface area contributed by atoms with Gasteiger partial charge in [-0.1, -0.05) is 109 Å². The summed E-state index contributed by atoms with van der Waals surface area (Å²) in [6, 6.07) is 59.5. The van der Waals surface area contributed by atoms with E-state index >= 15 is 0 Å². The predicted molar refractivity (Wildman–Crippen MR) is 221 cm³/mol. The van der Waals surface area contributed by atoms with Crippen molar-refractivity contribution in [2.24, 2.45) is 0 Å². The standard InChI is InChI=1S/C48H30N4S/c1-2-12-32(13-3-1)43-30-44(36-16-10-15-35(26-36)42-18-8-9-23-49-42)52-48(51-43)39-28-37(34-21-20-31-11-4-5-14-33(31)25-34)27-38(29-39)40-22-24-50-46-41-17-6-7-19-45(41)53-47(40)46/h1-30H. The Hall–Kier alpha value is -6.82. The molecule has 0 fully saturated rings. The van der Waals surface area contributed by atoms with Gasteiger partial charge in [-0.15, -0.1) is 11.3 Å². The number of thiophene rings is 1. The number of nitrogens with zero attached hydrogens (tertiary/aromatic N) is 4. The minimum absolute atomic E-state index is 0.662. The molecular weight excluding hydrogens is 665 g/mol. The summed E-state index contributed by atoms with van der Waals surface area (Å²) in [6.07, 6.45) is 3.76. The molecule has 10 rings (SSSR count). The number of fused-ring (bicyclic) bond motifs is 4. The second-order valence-electron chi connectivity index (χ2n) is 13.1. The Morgan fingerprint density at radius 2 is 1.08 bits per heavy atom. The molecule has 0 N–H and O–H groups in total. The molecule has 0 spiro atoms. The SMILES string of the molecule is c1ccc(-c2cc(-c3cccc(-c4ccccn4)c3)nc(-c3cc(-c4ccc5ccccc5c4)cc(-c4ccnc5c4sc4ccccc45)c3)n2)cc1. The number of rotatable bonds is 6. The van der Waals surface area contributed by atoms with Crippen LogP contribution in [0.25, 0.3) is 98.5 Å². The van der Waals surface area contributed by atoms with Crippen LogP contribution in [0.5, 0.6) is 0 Å². The highest BCUT2D eigenvalue weighted by Gasteiger charge is 2.17. The van der Waals surface area contributed by atoms with Crippen molar-refractivity contribution in [1.82, 2.24) is 19.9 Å². The highest BCUT2D eigenvalue weighted by molar-refractivity contribution is 7.26. The van der Waals surface area contributed by atoms with E-state index in [0.29, 0.717) is 5.82 Å². The number of hydrogen-bond acceptors (Lipinski definition) is 5. The molecule has 248 valence electrons. The topological polar surface area (TPSA) is 51.6 Å². The lowest BCUT2D eigenvalue weighted by molar-refractivity contribution is 1.18. The maximum absolute atomic E-state index is 5.31. The van der Waals surface area contributed by atoms with Crippen LogP contribution in [0.3, 0.4) is 0 Å². The molecule has 4 aromatic heterocycles.